The van der Waals surface area contributed by atoms with Crippen LogP contribution in [0.2, 0.25) is 0 Å². The molecule has 4 aromatic rings. The zero-order valence-electron chi connectivity index (χ0n) is 24.6. The molecule has 2 aromatic carbocycles. The highest BCUT2D eigenvalue weighted by Crippen LogP contribution is 2.27. The third-order valence-electron chi connectivity index (χ3n) is 7.25. The van der Waals surface area contributed by atoms with Crippen molar-refractivity contribution in [2.45, 2.75) is 38.8 Å². The molecule has 0 spiro atoms. The van der Waals surface area contributed by atoms with Gasteiger partial charge in [-0.3, -0.25) is 19.5 Å². The first kappa shape index (κ1) is 30.9. The Kier molecular flexibility index (Phi) is 9.71. The van der Waals surface area contributed by atoms with Gasteiger partial charge in [0.05, 0.1) is 18.1 Å². The van der Waals surface area contributed by atoms with Gasteiger partial charge in [0.2, 0.25) is 15.9 Å². The molecule has 0 saturated carbocycles. The molecule has 1 aliphatic heterocycles. The van der Waals surface area contributed by atoms with Crippen molar-refractivity contribution in [3.05, 3.63) is 102 Å². The van der Waals surface area contributed by atoms with Crippen LogP contribution in [0.1, 0.15) is 31.0 Å². The summed E-state index contributed by atoms with van der Waals surface area (Å²) in [6.45, 7) is 4.21. The smallest absolute Gasteiger partial charge is 0.326 e. The minimum atomic E-state index is -3.35. The highest BCUT2D eigenvalue weighted by molar-refractivity contribution is 7.92. The van der Waals surface area contributed by atoms with E-state index in [-0.39, 0.29) is 12.1 Å². The number of pyridine rings is 2. The maximum absolute atomic E-state index is 14.2. The average Bonchev–Trinajstić information content (AvgIpc) is 3.00. The molecule has 3 heterocycles. The predicted octanol–water partition coefficient (Wildman–Crippen LogP) is 6.05. The number of aryl methyl sites for hydroxylation is 1. The van der Waals surface area contributed by atoms with Crippen LogP contribution in [0.5, 0.6) is 11.6 Å². The molecule has 44 heavy (non-hydrogen) atoms. The Labute approximate surface area is 257 Å². The lowest BCUT2D eigenvalue weighted by Crippen LogP contribution is -2.49. The summed E-state index contributed by atoms with van der Waals surface area (Å²) in [7, 11) is -3.35. The van der Waals surface area contributed by atoms with Crippen molar-refractivity contribution in [3.8, 4) is 11.6 Å². The summed E-state index contributed by atoms with van der Waals surface area (Å²) in [5, 5.41) is 2.93. The topological polar surface area (TPSA) is 117 Å². The average molecular weight is 619 g/mol. The Balaban J connectivity index is 1.18. The molecule has 1 saturated heterocycles. The number of aromatic nitrogens is 2. The fraction of sp³-hybridized carbons (Fsp3) is 0.281. The van der Waals surface area contributed by atoms with Crippen molar-refractivity contribution in [2.24, 2.45) is 0 Å². The highest BCUT2D eigenvalue weighted by atomic mass is 32.2. The molecule has 2 aromatic heterocycles. The number of carbonyl (C=O) groups is 1. The van der Waals surface area contributed by atoms with E-state index >= 15 is 0 Å². The number of halogens is 1. The minimum absolute atomic E-state index is 0.108. The number of sulfonamides is 1. The molecule has 0 aliphatic carbocycles. The fourth-order valence-electron chi connectivity index (χ4n) is 5.10. The summed E-state index contributed by atoms with van der Waals surface area (Å²) in [6.07, 6.45) is 6.75. The number of nitrogens with zero attached hydrogens (tertiary/aromatic N) is 4. The van der Waals surface area contributed by atoms with E-state index in [1.54, 1.807) is 59.8 Å². The molecule has 0 radical (unpaired) electrons. The Morgan fingerprint density at radius 1 is 1.00 bits per heavy atom. The van der Waals surface area contributed by atoms with E-state index in [0.717, 1.165) is 49.9 Å². The van der Waals surface area contributed by atoms with Gasteiger partial charge in [-0.1, -0.05) is 19.1 Å². The van der Waals surface area contributed by atoms with Gasteiger partial charge in [0.15, 0.2) is 0 Å². The largest absolute Gasteiger partial charge is 0.439 e. The van der Waals surface area contributed by atoms with Crippen molar-refractivity contribution in [1.82, 2.24) is 14.9 Å². The van der Waals surface area contributed by atoms with E-state index < -0.39 is 15.8 Å². The lowest BCUT2D eigenvalue weighted by Gasteiger charge is -2.38. The number of rotatable bonds is 10. The van der Waals surface area contributed by atoms with Crippen LogP contribution in [-0.2, 0) is 23.0 Å². The Hall–Kier alpha value is -4.55. The fourth-order valence-corrected chi connectivity index (χ4v) is 5.66. The molecule has 5 rings (SSSR count). The molecule has 0 unspecified atom stereocenters. The summed E-state index contributed by atoms with van der Waals surface area (Å²) in [4.78, 5) is 26.2. The number of piperidine rings is 1. The molecule has 2 amide bonds. The van der Waals surface area contributed by atoms with Crippen LogP contribution in [-0.4, -0.2) is 54.7 Å². The standard InChI is InChI=1S/C32H35FN6O4S/c1-3-25-8-9-27(21-34-25)36-32(40)39(29-6-4-5-24(33)19-29)28-15-17-38(18-16-28)22-23-7-14-31(35-20-23)43-30-12-10-26(11-13-30)37-44(2,41)42/h4-14,19-21,28,37H,3,15-18,22H2,1-2H3,(H,36,40). The number of hydrogen-bond donors (Lipinski definition) is 2. The maximum Gasteiger partial charge on any atom is 0.326 e. The van der Waals surface area contributed by atoms with Crippen molar-refractivity contribution in [1.29, 1.82) is 0 Å². The van der Waals surface area contributed by atoms with Gasteiger partial charge in [0.1, 0.15) is 11.6 Å². The summed E-state index contributed by atoms with van der Waals surface area (Å²) >= 11 is 0. The number of benzene rings is 2. The predicted molar refractivity (Wildman–Crippen MR) is 169 cm³/mol. The van der Waals surface area contributed by atoms with E-state index in [1.807, 2.05) is 25.1 Å². The minimum Gasteiger partial charge on any atom is -0.439 e. The van der Waals surface area contributed by atoms with Crippen LogP contribution in [0.25, 0.3) is 0 Å². The molecule has 1 aliphatic rings. The summed E-state index contributed by atoms with van der Waals surface area (Å²) < 4.78 is 45.2. The number of carbonyl (C=O) groups excluding carboxylic acids is 1. The zero-order chi connectivity index (χ0) is 31.1. The van der Waals surface area contributed by atoms with Crippen LogP contribution in [0.4, 0.5) is 26.2 Å². The van der Waals surface area contributed by atoms with Crippen molar-refractivity contribution in [3.63, 3.8) is 0 Å². The number of urea groups is 1. The van der Waals surface area contributed by atoms with Gasteiger partial charge in [-0.15, -0.1) is 0 Å². The molecule has 10 nitrogen and oxygen atoms in total. The van der Waals surface area contributed by atoms with Gasteiger partial charge in [-0.05, 0) is 79.4 Å². The van der Waals surface area contributed by atoms with Crippen LogP contribution < -0.4 is 19.7 Å². The summed E-state index contributed by atoms with van der Waals surface area (Å²) in [6, 6.07) is 19.7. The van der Waals surface area contributed by atoms with Crippen LogP contribution in [0.15, 0.2) is 85.2 Å². The second-order valence-electron chi connectivity index (χ2n) is 10.7. The van der Waals surface area contributed by atoms with Crippen LogP contribution in [0, 0.1) is 5.82 Å². The molecule has 0 atom stereocenters. The van der Waals surface area contributed by atoms with Crippen LogP contribution in [0.3, 0.4) is 0 Å². The highest BCUT2D eigenvalue weighted by Gasteiger charge is 2.30. The van der Waals surface area contributed by atoms with Crippen molar-refractivity contribution >= 4 is 33.1 Å². The van der Waals surface area contributed by atoms with Gasteiger partial charge in [-0.25, -0.2) is 22.6 Å². The Bertz CT molecular complexity index is 1660. The zero-order valence-corrected chi connectivity index (χ0v) is 25.4. The quantitative estimate of drug-likeness (QED) is 0.222. The number of amides is 2. The van der Waals surface area contributed by atoms with Crippen molar-refractivity contribution < 1.29 is 22.3 Å². The van der Waals surface area contributed by atoms with Crippen LogP contribution >= 0.6 is 0 Å². The first-order valence-corrected chi connectivity index (χ1v) is 16.3. The third-order valence-corrected chi connectivity index (χ3v) is 7.86. The maximum atomic E-state index is 14.2. The monoisotopic (exact) mass is 618 g/mol. The van der Waals surface area contributed by atoms with Gasteiger partial charge in [0.25, 0.3) is 0 Å². The van der Waals surface area contributed by atoms with Gasteiger partial charge < -0.3 is 10.1 Å². The van der Waals surface area contributed by atoms with E-state index in [2.05, 4.69) is 24.9 Å². The summed E-state index contributed by atoms with van der Waals surface area (Å²) in [5.74, 6) is 0.563. The number of hydrogen-bond acceptors (Lipinski definition) is 7. The normalized spacial score (nSPS) is 14.2. The summed E-state index contributed by atoms with van der Waals surface area (Å²) in [5.41, 5.74) is 3.51. The first-order chi connectivity index (χ1) is 21.1. The number of nitrogens with one attached hydrogen (secondary N) is 2. The molecule has 1 fully saturated rings. The Morgan fingerprint density at radius 2 is 1.75 bits per heavy atom. The number of anilines is 3. The second kappa shape index (κ2) is 13.8. The molecule has 230 valence electrons. The number of likely N-dealkylation sites (tertiary alicyclic amines) is 1. The van der Waals surface area contributed by atoms with E-state index in [9.17, 15) is 17.6 Å². The molecular formula is C32H35FN6O4S. The SMILES string of the molecule is CCc1ccc(NC(=O)N(c2cccc(F)c2)C2CCN(Cc3ccc(Oc4ccc(NS(C)(=O)=O)cc4)nc3)CC2)cn1. The van der Waals surface area contributed by atoms with E-state index in [0.29, 0.717) is 35.2 Å². The van der Waals surface area contributed by atoms with Gasteiger partial charge in [-0.2, -0.15) is 0 Å². The van der Waals surface area contributed by atoms with E-state index in [4.69, 9.17) is 4.74 Å². The van der Waals surface area contributed by atoms with E-state index in [1.165, 1.54) is 12.1 Å². The second-order valence-corrected chi connectivity index (χ2v) is 12.4. The molecule has 0 bridgehead atoms. The number of ether oxygens (including phenoxy) is 1. The first-order valence-electron chi connectivity index (χ1n) is 14.4. The molecule has 12 heteroatoms. The van der Waals surface area contributed by atoms with Gasteiger partial charge >= 0.3 is 6.03 Å². The van der Waals surface area contributed by atoms with Crippen molar-refractivity contribution in [2.75, 3.05) is 34.3 Å². The lowest BCUT2D eigenvalue weighted by molar-refractivity contribution is 0.199. The Morgan fingerprint density at radius 3 is 2.36 bits per heavy atom. The molecular weight excluding hydrogens is 583 g/mol. The van der Waals surface area contributed by atoms with Gasteiger partial charge in [0, 0.05) is 55.0 Å². The molecule has 2 N–H and O–H groups in total. The third kappa shape index (κ3) is 8.51. The lowest BCUT2D eigenvalue weighted by atomic mass is 10.0.